The number of ether oxygens (including phenoxy) is 3. The number of nitrogens with two attached hydrogens (primary N) is 2. The molecule has 0 aliphatic carbocycles. The van der Waals surface area contributed by atoms with Gasteiger partial charge in [-0.2, -0.15) is 0 Å². The highest BCUT2D eigenvalue weighted by molar-refractivity contribution is 5.95. The van der Waals surface area contributed by atoms with Gasteiger partial charge in [-0.25, -0.2) is 5.06 Å². The molecule has 1 aromatic heterocycles. The van der Waals surface area contributed by atoms with Crippen LogP contribution in [0.1, 0.15) is 23.1 Å². The molecule has 18 nitrogen and oxygen atoms in total. The molecule has 0 bridgehead atoms. The maximum atomic E-state index is 13.5. The van der Waals surface area contributed by atoms with Crippen LogP contribution in [0.5, 0.6) is 11.5 Å². The monoisotopic (exact) mass is 838 g/mol. The van der Waals surface area contributed by atoms with E-state index < -0.39 is 61.2 Å². The van der Waals surface area contributed by atoms with Crippen molar-refractivity contribution in [3.63, 3.8) is 0 Å². The number of guanidine groups is 1. The van der Waals surface area contributed by atoms with E-state index in [1.54, 1.807) is 23.4 Å². The molecule has 3 aromatic carbocycles. The molecule has 7 rings (SSSR count). The summed E-state index contributed by atoms with van der Waals surface area (Å²) >= 11 is 0. The number of hydrogen-bond donors (Lipinski definition) is 7. The van der Waals surface area contributed by atoms with E-state index in [4.69, 9.17) is 34.9 Å². The highest BCUT2D eigenvalue weighted by atomic mass is 16.8. The van der Waals surface area contributed by atoms with E-state index in [1.165, 1.54) is 43.6 Å². The second-order valence-electron chi connectivity index (χ2n) is 14.9. The minimum atomic E-state index is -1.73. The number of esters is 1. The second kappa shape index (κ2) is 18.0. The molecule has 7 unspecified atom stereocenters. The number of aryl methyl sites for hydroxylation is 2. The van der Waals surface area contributed by atoms with Gasteiger partial charge in [0.25, 0.3) is 0 Å². The Hall–Kier alpha value is -6.57. The van der Waals surface area contributed by atoms with Gasteiger partial charge in [-0.05, 0) is 75.4 Å². The molecule has 4 aromatic rings. The number of aliphatic hydroxyl groups is 2. The Kier molecular flexibility index (Phi) is 12.5. The Labute approximate surface area is 349 Å². The van der Waals surface area contributed by atoms with Crippen molar-refractivity contribution in [2.24, 2.45) is 27.4 Å². The molecule has 1 fully saturated rings. The number of nitrogens with one attached hydrogen (secondary N) is 1. The summed E-state index contributed by atoms with van der Waals surface area (Å²) < 4.78 is 23.8. The Bertz CT molecular complexity index is 2480. The number of hydrogen-bond acceptors (Lipinski definition) is 15. The van der Waals surface area contributed by atoms with Gasteiger partial charge in [-0.3, -0.25) is 29.2 Å². The van der Waals surface area contributed by atoms with Crippen molar-refractivity contribution >= 4 is 40.8 Å². The third-order valence-corrected chi connectivity index (χ3v) is 10.6. The van der Waals surface area contributed by atoms with E-state index >= 15 is 0 Å². The summed E-state index contributed by atoms with van der Waals surface area (Å²) in [7, 11) is 1.47. The molecule has 0 amide bonds. The Balaban J connectivity index is 1.18. The first-order valence-corrected chi connectivity index (χ1v) is 19.4. The number of aromatic hydroxyl groups is 1. The summed E-state index contributed by atoms with van der Waals surface area (Å²) in [5.41, 5.74) is 16.3. The number of phenols is 1. The number of phenolic OH excluding ortho intramolecular Hbond substituents is 1. The van der Waals surface area contributed by atoms with Crippen molar-refractivity contribution in [2.45, 2.75) is 57.0 Å². The molecule has 0 radical (unpaired) electrons. The van der Waals surface area contributed by atoms with E-state index in [9.17, 15) is 34.8 Å². The summed E-state index contributed by atoms with van der Waals surface area (Å²) in [4.78, 5) is 54.1. The number of hydroxylamine groups is 2. The SMILES string of the molecule is CNC(CCN=C(N)N)C(C(=O)O)C(=O)OCC1OC(Oc2ccc3c(=O)c(-c4ccc(O)cc4)coc3c2)C(ON2CC3=CC=NC3=C2c2cc(C)cc(C)c2)C(O)C1O. The number of aliphatic carboxylic acids is 1. The van der Waals surface area contributed by atoms with Crippen LogP contribution in [0.3, 0.4) is 0 Å². The van der Waals surface area contributed by atoms with E-state index in [1.807, 2.05) is 38.1 Å². The Morgan fingerprint density at radius 1 is 1.03 bits per heavy atom. The Morgan fingerprint density at radius 3 is 2.46 bits per heavy atom. The summed E-state index contributed by atoms with van der Waals surface area (Å²) in [6.45, 7) is 3.50. The number of nitrogens with zero attached hydrogens (tertiary/aromatic N) is 3. The van der Waals surface area contributed by atoms with Crippen molar-refractivity contribution in [1.82, 2.24) is 10.4 Å². The third-order valence-electron chi connectivity index (χ3n) is 10.6. The topological polar surface area (TPSA) is 274 Å². The van der Waals surface area contributed by atoms with Crippen LogP contribution in [-0.4, -0.2) is 113 Å². The molecule has 4 heterocycles. The lowest BCUT2D eigenvalue weighted by Gasteiger charge is -2.43. The molecule has 320 valence electrons. The number of allylic oxidation sites excluding steroid dienone is 1. The second-order valence-corrected chi connectivity index (χ2v) is 14.9. The lowest BCUT2D eigenvalue weighted by atomic mass is 9.96. The fraction of sp³-hybridized carbons (Fsp3) is 0.326. The fourth-order valence-corrected chi connectivity index (χ4v) is 7.59. The molecule has 1 saturated heterocycles. The number of rotatable bonds is 15. The lowest BCUT2D eigenvalue weighted by molar-refractivity contribution is -0.323. The fourth-order valence-electron chi connectivity index (χ4n) is 7.59. The number of aliphatic hydroxyl groups excluding tert-OH is 2. The van der Waals surface area contributed by atoms with Gasteiger partial charge in [-0.1, -0.05) is 29.3 Å². The van der Waals surface area contributed by atoms with Gasteiger partial charge in [0.05, 0.1) is 28.9 Å². The average Bonchev–Trinajstić information content (AvgIpc) is 3.81. The van der Waals surface area contributed by atoms with Crippen molar-refractivity contribution in [1.29, 1.82) is 0 Å². The van der Waals surface area contributed by atoms with Crippen molar-refractivity contribution in [3.05, 3.63) is 111 Å². The normalized spacial score (nSPS) is 21.8. The third kappa shape index (κ3) is 9.13. The van der Waals surface area contributed by atoms with Gasteiger partial charge in [0.2, 0.25) is 6.29 Å². The molecule has 3 aliphatic rings. The van der Waals surface area contributed by atoms with E-state index in [0.29, 0.717) is 17.0 Å². The maximum Gasteiger partial charge on any atom is 0.322 e. The zero-order valence-corrected chi connectivity index (χ0v) is 33.4. The number of carbonyl (C=O) groups excluding carboxylic acids is 1. The average molecular weight is 839 g/mol. The van der Waals surface area contributed by atoms with Crippen LogP contribution in [0.25, 0.3) is 27.8 Å². The highest BCUT2D eigenvalue weighted by Gasteiger charge is 2.50. The minimum Gasteiger partial charge on any atom is -0.508 e. The van der Waals surface area contributed by atoms with E-state index in [2.05, 4.69) is 15.3 Å². The van der Waals surface area contributed by atoms with E-state index in [0.717, 1.165) is 22.3 Å². The zero-order valence-electron chi connectivity index (χ0n) is 33.4. The maximum absolute atomic E-state index is 13.5. The van der Waals surface area contributed by atoms with Gasteiger partial charge in [-0.15, -0.1) is 0 Å². The Morgan fingerprint density at radius 2 is 1.77 bits per heavy atom. The first-order chi connectivity index (χ1) is 29.2. The molecular weight excluding hydrogens is 793 g/mol. The van der Waals surface area contributed by atoms with Crippen LogP contribution in [0.4, 0.5) is 0 Å². The van der Waals surface area contributed by atoms with Gasteiger partial charge in [0, 0.05) is 36.0 Å². The molecule has 18 heteroatoms. The first-order valence-electron chi connectivity index (χ1n) is 19.4. The van der Waals surface area contributed by atoms with Crippen LogP contribution in [0.2, 0.25) is 0 Å². The molecule has 7 atom stereocenters. The van der Waals surface area contributed by atoms with Crippen LogP contribution in [0, 0.1) is 19.8 Å². The minimum absolute atomic E-state index is 0.0300. The van der Waals surface area contributed by atoms with Crippen LogP contribution in [-0.2, 0) is 23.9 Å². The highest BCUT2D eigenvalue weighted by Crippen LogP contribution is 2.40. The van der Waals surface area contributed by atoms with Crippen LogP contribution in [0.15, 0.2) is 103 Å². The number of fused-ring (bicyclic) bond motifs is 2. The van der Waals surface area contributed by atoms with Gasteiger partial charge in [0.15, 0.2) is 23.4 Å². The van der Waals surface area contributed by atoms with Crippen molar-refractivity contribution in [2.75, 3.05) is 26.7 Å². The quantitative estimate of drug-likeness (QED) is 0.0391. The largest absolute Gasteiger partial charge is 0.508 e. The lowest BCUT2D eigenvalue weighted by Crippen LogP contribution is -2.62. The number of carbonyl (C=O) groups is 2. The predicted octanol–water partition coefficient (Wildman–Crippen LogP) is 2.10. The van der Waals surface area contributed by atoms with Crippen LogP contribution < -0.4 is 26.9 Å². The summed E-state index contributed by atoms with van der Waals surface area (Å²) in [5, 5.41) is 47.5. The molecule has 61 heavy (non-hydrogen) atoms. The number of carboxylic acids is 1. The van der Waals surface area contributed by atoms with Crippen LogP contribution >= 0.6 is 0 Å². The smallest absolute Gasteiger partial charge is 0.322 e. The van der Waals surface area contributed by atoms with Crippen molar-refractivity contribution in [3.8, 4) is 22.6 Å². The van der Waals surface area contributed by atoms with Gasteiger partial charge >= 0.3 is 11.9 Å². The number of aliphatic imine (C=N–C) groups is 2. The van der Waals surface area contributed by atoms with Gasteiger partial charge in [0.1, 0.15) is 48.3 Å². The predicted molar refractivity (Wildman–Crippen MR) is 222 cm³/mol. The molecule has 0 saturated carbocycles. The van der Waals surface area contributed by atoms with E-state index in [-0.39, 0.29) is 58.9 Å². The molecule has 0 spiro atoms. The van der Waals surface area contributed by atoms with Gasteiger partial charge < -0.3 is 55.8 Å². The summed E-state index contributed by atoms with van der Waals surface area (Å²) in [6, 6.07) is 15.6. The molecule has 3 aliphatic heterocycles. The zero-order chi connectivity index (χ0) is 43.5. The summed E-state index contributed by atoms with van der Waals surface area (Å²) in [6.07, 6.45) is -2.93. The first kappa shape index (κ1) is 42.6. The standard InChI is InChI=1S/C43H46N6O12/c1-21-14-22(2)16-25(15-21)35-34-24(10-12-47-34)18-49(35)61-39-38(53)37(52)32(20-58-41(56)33(40(54)55)30(46-3)11-13-48-43(44)45)60-42(39)59-27-8-9-28-31(17-27)57-19-29(36(28)51)23-4-6-26(50)7-5-23/h4-10,12,14-17,19,30,32-33,37-39,42,46,50,52-53H,11,13,18,20H2,1-3H3,(H,54,55)(H4,44,45,48). The van der Waals surface area contributed by atoms with Crippen molar-refractivity contribution < 1.29 is 53.5 Å². The summed E-state index contributed by atoms with van der Waals surface area (Å²) in [5.74, 6) is -4.35. The number of benzene rings is 3. The molecule has 9 N–H and O–H groups in total. The molecular formula is C43H46N6O12. The number of carboxylic acid groups (broad SMARTS) is 1.